The summed E-state index contributed by atoms with van der Waals surface area (Å²) in [5, 5.41) is 5.15. The summed E-state index contributed by atoms with van der Waals surface area (Å²) in [6, 6.07) is 9.81. The molecule has 110 valence electrons. The van der Waals surface area contributed by atoms with Gasteiger partial charge in [0.25, 0.3) is 0 Å². The molecule has 4 rings (SSSR count). The number of rotatable bonds is 1. The van der Waals surface area contributed by atoms with Crippen LogP contribution in [-0.2, 0) is 6.42 Å². The zero-order valence-corrected chi connectivity index (χ0v) is 12.3. The standard InChI is InChI=1S/C17H16N4O/c1-10-7-13-15(14(22)8-10)16(18)12-9-19-21(17(12)20-13)11-5-3-2-4-6-11/h2-6,9-10H,7-8H2,1H3,(H2,18,20)/t10-/m0/s1. The first-order valence-corrected chi connectivity index (χ1v) is 7.40. The van der Waals surface area contributed by atoms with E-state index in [0.29, 0.717) is 29.2 Å². The molecule has 3 aromatic rings. The molecule has 0 fully saturated rings. The second kappa shape index (κ2) is 4.66. The SMILES string of the molecule is C[C@@H]1CC(=O)c2c(nc3c(cnn3-c3ccccc3)c2N)C1. The van der Waals surface area contributed by atoms with Crippen molar-refractivity contribution in [3.63, 3.8) is 0 Å². The summed E-state index contributed by atoms with van der Waals surface area (Å²) in [7, 11) is 0. The minimum absolute atomic E-state index is 0.0908. The van der Waals surface area contributed by atoms with Gasteiger partial charge in [-0.05, 0) is 24.5 Å². The van der Waals surface area contributed by atoms with Crippen molar-refractivity contribution in [2.24, 2.45) is 5.92 Å². The number of nitrogens with zero attached hydrogens (tertiary/aromatic N) is 3. The van der Waals surface area contributed by atoms with E-state index in [4.69, 9.17) is 10.7 Å². The third-order valence-corrected chi connectivity index (χ3v) is 4.19. The number of ketones is 1. The van der Waals surface area contributed by atoms with Crippen LogP contribution in [0.2, 0.25) is 0 Å². The molecule has 1 aliphatic rings. The highest BCUT2D eigenvalue weighted by atomic mass is 16.1. The molecule has 0 saturated heterocycles. The van der Waals surface area contributed by atoms with E-state index in [0.717, 1.165) is 23.2 Å². The van der Waals surface area contributed by atoms with Crippen LogP contribution in [0.25, 0.3) is 16.7 Å². The number of carbonyl (C=O) groups excluding carboxylic acids is 1. The Kier molecular flexibility index (Phi) is 2.76. The number of hydrogen-bond donors (Lipinski definition) is 1. The minimum Gasteiger partial charge on any atom is -0.397 e. The van der Waals surface area contributed by atoms with E-state index in [2.05, 4.69) is 12.0 Å². The summed E-state index contributed by atoms with van der Waals surface area (Å²) in [4.78, 5) is 17.0. The Morgan fingerprint density at radius 1 is 1.23 bits per heavy atom. The monoisotopic (exact) mass is 292 g/mol. The summed E-state index contributed by atoms with van der Waals surface area (Å²) in [5.74, 6) is 0.394. The molecule has 2 heterocycles. The van der Waals surface area contributed by atoms with E-state index in [9.17, 15) is 4.79 Å². The van der Waals surface area contributed by atoms with Gasteiger partial charge in [0.1, 0.15) is 0 Å². The Hall–Kier alpha value is -2.69. The number of para-hydroxylation sites is 1. The van der Waals surface area contributed by atoms with Gasteiger partial charge in [0.05, 0.1) is 34.2 Å². The third-order valence-electron chi connectivity index (χ3n) is 4.19. The maximum absolute atomic E-state index is 12.3. The van der Waals surface area contributed by atoms with E-state index >= 15 is 0 Å². The van der Waals surface area contributed by atoms with Crippen molar-refractivity contribution in [1.29, 1.82) is 0 Å². The van der Waals surface area contributed by atoms with Crippen LogP contribution in [0.5, 0.6) is 0 Å². The molecule has 0 bridgehead atoms. The van der Waals surface area contributed by atoms with Crippen molar-refractivity contribution >= 4 is 22.5 Å². The Morgan fingerprint density at radius 2 is 2.00 bits per heavy atom. The maximum atomic E-state index is 12.3. The van der Waals surface area contributed by atoms with Crippen LogP contribution in [0.1, 0.15) is 29.4 Å². The summed E-state index contributed by atoms with van der Waals surface area (Å²) < 4.78 is 1.77. The normalized spacial score (nSPS) is 17.7. The second-order valence-electron chi connectivity index (χ2n) is 5.91. The van der Waals surface area contributed by atoms with Crippen LogP contribution in [-0.4, -0.2) is 20.5 Å². The van der Waals surface area contributed by atoms with Crippen molar-refractivity contribution in [2.45, 2.75) is 19.8 Å². The molecule has 0 saturated carbocycles. The number of anilines is 1. The molecule has 22 heavy (non-hydrogen) atoms. The molecule has 2 aromatic heterocycles. The smallest absolute Gasteiger partial charge is 0.167 e. The van der Waals surface area contributed by atoms with Crippen molar-refractivity contribution in [2.75, 3.05) is 5.73 Å². The Bertz CT molecular complexity index is 883. The number of fused-ring (bicyclic) bond motifs is 2. The predicted octanol–water partition coefficient (Wildman–Crippen LogP) is 2.77. The molecular formula is C17H16N4O. The van der Waals surface area contributed by atoms with Crippen LogP contribution in [0.4, 0.5) is 5.69 Å². The van der Waals surface area contributed by atoms with Gasteiger partial charge in [0.2, 0.25) is 0 Å². The van der Waals surface area contributed by atoms with Crippen molar-refractivity contribution in [1.82, 2.24) is 14.8 Å². The van der Waals surface area contributed by atoms with Crippen LogP contribution < -0.4 is 5.73 Å². The molecule has 0 unspecified atom stereocenters. The number of carbonyl (C=O) groups is 1. The number of benzene rings is 1. The average Bonchev–Trinajstić information content (AvgIpc) is 2.91. The molecule has 0 amide bonds. The summed E-state index contributed by atoms with van der Waals surface area (Å²) in [6.07, 6.45) is 3.01. The first-order valence-electron chi connectivity index (χ1n) is 7.40. The first kappa shape index (κ1) is 13.0. The summed E-state index contributed by atoms with van der Waals surface area (Å²) >= 11 is 0. The zero-order valence-electron chi connectivity index (χ0n) is 12.3. The van der Waals surface area contributed by atoms with Gasteiger partial charge in [-0.15, -0.1) is 0 Å². The molecule has 1 aliphatic carbocycles. The Balaban J connectivity index is 2.00. The van der Waals surface area contributed by atoms with Gasteiger partial charge in [0, 0.05) is 6.42 Å². The minimum atomic E-state index is 0.0908. The van der Waals surface area contributed by atoms with Gasteiger partial charge in [-0.25, -0.2) is 9.67 Å². The highest BCUT2D eigenvalue weighted by Gasteiger charge is 2.28. The van der Waals surface area contributed by atoms with Crippen molar-refractivity contribution in [3.05, 3.63) is 47.8 Å². The lowest BCUT2D eigenvalue weighted by Crippen LogP contribution is -2.21. The molecule has 1 aromatic carbocycles. The highest BCUT2D eigenvalue weighted by molar-refractivity contribution is 6.08. The van der Waals surface area contributed by atoms with Gasteiger partial charge < -0.3 is 5.73 Å². The third kappa shape index (κ3) is 1.82. The number of Topliss-reactive ketones (excluding diaryl/α,β-unsaturated/α-hetero) is 1. The number of pyridine rings is 1. The van der Waals surface area contributed by atoms with Crippen LogP contribution in [0, 0.1) is 5.92 Å². The fourth-order valence-electron chi connectivity index (χ4n) is 3.15. The predicted molar refractivity (Wildman–Crippen MR) is 85.1 cm³/mol. The largest absolute Gasteiger partial charge is 0.397 e. The molecule has 1 atom stereocenters. The summed E-state index contributed by atoms with van der Waals surface area (Å²) in [6.45, 7) is 2.07. The number of nitrogens with two attached hydrogens (primary N) is 1. The molecule has 0 radical (unpaired) electrons. The van der Waals surface area contributed by atoms with E-state index in [1.165, 1.54) is 0 Å². The van der Waals surface area contributed by atoms with E-state index in [-0.39, 0.29) is 5.78 Å². The van der Waals surface area contributed by atoms with Crippen LogP contribution in [0.15, 0.2) is 36.5 Å². The van der Waals surface area contributed by atoms with E-state index in [1.54, 1.807) is 10.9 Å². The fraction of sp³-hybridized carbons (Fsp3) is 0.235. The van der Waals surface area contributed by atoms with Gasteiger partial charge >= 0.3 is 0 Å². The molecule has 5 nitrogen and oxygen atoms in total. The first-order chi connectivity index (χ1) is 10.6. The molecule has 0 spiro atoms. The van der Waals surface area contributed by atoms with Gasteiger partial charge in [-0.2, -0.15) is 5.10 Å². The van der Waals surface area contributed by atoms with Crippen molar-refractivity contribution < 1.29 is 4.79 Å². The van der Waals surface area contributed by atoms with Crippen LogP contribution >= 0.6 is 0 Å². The van der Waals surface area contributed by atoms with Gasteiger partial charge in [-0.1, -0.05) is 25.1 Å². The molecule has 5 heteroatoms. The molecular weight excluding hydrogens is 276 g/mol. The number of hydrogen-bond acceptors (Lipinski definition) is 4. The number of aromatic nitrogens is 3. The molecule has 0 aliphatic heterocycles. The van der Waals surface area contributed by atoms with Gasteiger partial charge in [-0.3, -0.25) is 4.79 Å². The van der Waals surface area contributed by atoms with E-state index in [1.807, 2.05) is 30.3 Å². The average molecular weight is 292 g/mol. The van der Waals surface area contributed by atoms with Crippen LogP contribution in [0.3, 0.4) is 0 Å². The quantitative estimate of drug-likeness (QED) is 0.748. The lowest BCUT2D eigenvalue weighted by atomic mass is 9.86. The van der Waals surface area contributed by atoms with E-state index < -0.39 is 0 Å². The second-order valence-corrected chi connectivity index (χ2v) is 5.91. The topological polar surface area (TPSA) is 73.8 Å². The molecule has 2 N–H and O–H groups in total. The lowest BCUT2D eigenvalue weighted by Gasteiger charge is -2.21. The fourth-order valence-corrected chi connectivity index (χ4v) is 3.15. The zero-order chi connectivity index (χ0) is 15.3. The van der Waals surface area contributed by atoms with Crippen molar-refractivity contribution in [3.8, 4) is 5.69 Å². The summed E-state index contributed by atoms with van der Waals surface area (Å²) in [5.41, 5.74) is 9.80. The highest BCUT2D eigenvalue weighted by Crippen LogP contribution is 2.33. The number of nitrogen functional groups attached to an aromatic ring is 1. The maximum Gasteiger partial charge on any atom is 0.167 e. The Labute approximate surface area is 127 Å². The van der Waals surface area contributed by atoms with Gasteiger partial charge in [0.15, 0.2) is 11.4 Å². The Morgan fingerprint density at radius 3 is 2.77 bits per heavy atom. The lowest BCUT2D eigenvalue weighted by molar-refractivity contribution is 0.0953.